The van der Waals surface area contributed by atoms with E-state index in [2.05, 4.69) is 5.32 Å². The second kappa shape index (κ2) is 7.85. The molecule has 0 aromatic heterocycles. The largest absolute Gasteiger partial charge is 0.454 e. The van der Waals surface area contributed by atoms with Gasteiger partial charge in [-0.25, -0.2) is 8.42 Å². The van der Waals surface area contributed by atoms with E-state index in [1.807, 2.05) is 19.9 Å². The van der Waals surface area contributed by atoms with Crippen LogP contribution in [0.1, 0.15) is 25.8 Å². The third-order valence-corrected chi connectivity index (χ3v) is 4.92. The van der Waals surface area contributed by atoms with E-state index in [1.165, 1.54) is 4.31 Å². The van der Waals surface area contributed by atoms with Gasteiger partial charge in [0.25, 0.3) is 0 Å². The molecule has 0 radical (unpaired) electrons. The summed E-state index contributed by atoms with van der Waals surface area (Å²) in [5.41, 5.74) is 0.862. The molecule has 2 rings (SSSR count). The first-order valence-corrected chi connectivity index (χ1v) is 9.71. The number of carbonyl (C=O) groups excluding carboxylic acids is 1. The molecule has 1 heterocycles. The monoisotopic (exact) mass is 356 g/mol. The maximum absolute atomic E-state index is 12.1. The van der Waals surface area contributed by atoms with Gasteiger partial charge in [-0.15, -0.1) is 0 Å². The molecule has 1 aromatic rings. The molecule has 1 aliphatic rings. The number of carbonyl (C=O) groups is 1. The number of sulfonamides is 1. The lowest BCUT2D eigenvalue weighted by molar-refractivity contribution is -0.121. The van der Waals surface area contributed by atoms with Gasteiger partial charge in [0.15, 0.2) is 11.5 Å². The molecular formula is C16H24N2O5S. The van der Waals surface area contributed by atoms with Crippen LogP contribution in [0.5, 0.6) is 11.5 Å². The van der Waals surface area contributed by atoms with Gasteiger partial charge < -0.3 is 14.8 Å². The lowest BCUT2D eigenvalue weighted by Crippen LogP contribution is -2.40. The number of hydrogen-bond acceptors (Lipinski definition) is 5. The predicted octanol–water partition coefficient (Wildman–Crippen LogP) is 1.34. The Balaban J connectivity index is 1.88. The van der Waals surface area contributed by atoms with Gasteiger partial charge in [-0.05, 0) is 30.0 Å². The first-order valence-electron chi connectivity index (χ1n) is 7.86. The number of rotatable bonds is 8. The first kappa shape index (κ1) is 18.5. The lowest BCUT2D eigenvalue weighted by atomic mass is 10.1. The summed E-state index contributed by atoms with van der Waals surface area (Å²) >= 11 is 0. The zero-order chi connectivity index (χ0) is 17.7. The highest BCUT2D eigenvalue weighted by molar-refractivity contribution is 7.88. The second-order valence-electron chi connectivity index (χ2n) is 6.24. The van der Waals surface area contributed by atoms with Gasteiger partial charge in [0, 0.05) is 13.1 Å². The van der Waals surface area contributed by atoms with E-state index in [4.69, 9.17) is 9.47 Å². The predicted molar refractivity (Wildman–Crippen MR) is 90.3 cm³/mol. The van der Waals surface area contributed by atoms with E-state index in [-0.39, 0.29) is 19.2 Å². The Morgan fingerprint density at radius 3 is 2.67 bits per heavy atom. The Kier molecular flexibility index (Phi) is 6.06. The third-order valence-electron chi connectivity index (χ3n) is 3.67. The second-order valence-corrected chi connectivity index (χ2v) is 8.23. The van der Waals surface area contributed by atoms with Crippen molar-refractivity contribution >= 4 is 15.9 Å². The van der Waals surface area contributed by atoms with Crippen molar-refractivity contribution in [2.24, 2.45) is 5.92 Å². The molecule has 0 unspecified atom stereocenters. The van der Waals surface area contributed by atoms with Gasteiger partial charge in [-0.2, -0.15) is 4.31 Å². The summed E-state index contributed by atoms with van der Waals surface area (Å²) in [6.07, 6.45) is 1.83. The molecule has 0 saturated carbocycles. The maximum Gasteiger partial charge on any atom is 0.235 e. The minimum absolute atomic E-state index is 0.171. The molecule has 1 N–H and O–H groups in total. The molecule has 1 amide bonds. The fourth-order valence-corrected chi connectivity index (χ4v) is 3.02. The van der Waals surface area contributed by atoms with E-state index in [9.17, 15) is 13.2 Å². The van der Waals surface area contributed by atoms with Crippen molar-refractivity contribution in [3.05, 3.63) is 23.8 Å². The number of fused-ring (bicyclic) bond motifs is 1. The molecule has 134 valence electrons. The summed E-state index contributed by atoms with van der Waals surface area (Å²) in [7, 11) is -3.41. The SMILES string of the molecule is CC(C)CCN(CC(=O)NCc1ccc2c(c1)OCO2)S(C)(=O)=O. The van der Waals surface area contributed by atoms with E-state index in [1.54, 1.807) is 12.1 Å². The summed E-state index contributed by atoms with van der Waals surface area (Å²) in [5, 5.41) is 2.74. The third kappa shape index (κ3) is 5.38. The molecule has 0 saturated heterocycles. The zero-order valence-electron chi connectivity index (χ0n) is 14.2. The van der Waals surface area contributed by atoms with Gasteiger partial charge in [0.05, 0.1) is 12.8 Å². The number of amides is 1. The average molecular weight is 356 g/mol. The van der Waals surface area contributed by atoms with Gasteiger partial charge >= 0.3 is 0 Å². The fourth-order valence-electron chi connectivity index (χ4n) is 2.23. The topological polar surface area (TPSA) is 84.9 Å². The molecule has 7 nitrogen and oxygen atoms in total. The van der Waals surface area contributed by atoms with E-state index in [0.717, 1.165) is 11.8 Å². The van der Waals surface area contributed by atoms with Crippen molar-refractivity contribution in [1.29, 1.82) is 0 Å². The minimum Gasteiger partial charge on any atom is -0.454 e. The molecule has 0 spiro atoms. The summed E-state index contributed by atoms with van der Waals surface area (Å²) in [6.45, 7) is 4.70. The lowest BCUT2D eigenvalue weighted by Gasteiger charge is -2.20. The number of nitrogens with zero attached hydrogens (tertiary/aromatic N) is 1. The van der Waals surface area contributed by atoms with E-state index < -0.39 is 10.0 Å². The molecule has 0 bridgehead atoms. The van der Waals surface area contributed by atoms with Crippen molar-refractivity contribution in [2.45, 2.75) is 26.8 Å². The summed E-state index contributed by atoms with van der Waals surface area (Å²) < 4.78 is 35.3. The number of hydrogen-bond donors (Lipinski definition) is 1. The quantitative estimate of drug-likeness (QED) is 0.760. The van der Waals surface area contributed by atoms with Crippen molar-refractivity contribution in [3.63, 3.8) is 0 Å². The Morgan fingerprint density at radius 1 is 1.29 bits per heavy atom. The Morgan fingerprint density at radius 2 is 2.00 bits per heavy atom. The summed E-state index contributed by atoms with van der Waals surface area (Å²) in [5.74, 6) is 1.37. The Bertz CT molecular complexity index is 688. The van der Waals surface area contributed by atoms with E-state index in [0.29, 0.717) is 36.9 Å². The fraction of sp³-hybridized carbons (Fsp3) is 0.562. The van der Waals surface area contributed by atoms with Crippen LogP contribution in [-0.4, -0.2) is 44.8 Å². The van der Waals surface area contributed by atoms with Crippen molar-refractivity contribution in [2.75, 3.05) is 26.1 Å². The van der Waals surface area contributed by atoms with E-state index >= 15 is 0 Å². The van der Waals surface area contributed by atoms with Crippen molar-refractivity contribution < 1.29 is 22.7 Å². The summed E-state index contributed by atoms with van der Waals surface area (Å²) in [4.78, 5) is 12.1. The molecule has 1 aliphatic heterocycles. The number of benzene rings is 1. The molecule has 0 aliphatic carbocycles. The normalized spacial score (nSPS) is 13.5. The first-order chi connectivity index (χ1) is 11.3. The van der Waals surface area contributed by atoms with Crippen LogP contribution >= 0.6 is 0 Å². The number of nitrogens with one attached hydrogen (secondary N) is 1. The highest BCUT2D eigenvalue weighted by Gasteiger charge is 2.20. The minimum atomic E-state index is -3.41. The van der Waals surface area contributed by atoms with Crippen LogP contribution < -0.4 is 14.8 Å². The molecule has 8 heteroatoms. The Labute approximate surface area is 143 Å². The van der Waals surface area contributed by atoms with Crippen LogP contribution in [0.2, 0.25) is 0 Å². The standard InChI is InChI=1S/C16H24N2O5S/c1-12(2)6-7-18(24(3,20)21)10-16(19)17-9-13-4-5-14-15(8-13)23-11-22-14/h4-5,8,12H,6-7,9-11H2,1-3H3,(H,17,19). The highest BCUT2D eigenvalue weighted by atomic mass is 32.2. The van der Waals surface area contributed by atoms with Crippen molar-refractivity contribution in [3.8, 4) is 11.5 Å². The highest BCUT2D eigenvalue weighted by Crippen LogP contribution is 2.32. The Hall–Kier alpha value is -1.80. The van der Waals surface area contributed by atoms with Crippen LogP contribution in [0.4, 0.5) is 0 Å². The van der Waals surface area contributed by atoms with Gasteiger partial charge in [-0.3, -0.25) is 4.79 Å². The zero-order valence-corrected chi connectivity index (χ0v) is 15.1. The maximum atomic E-state index is 12.1. The molecule has 24 heavy (non-hydrogen) atoms. The van der Waals surface area contributed by atoms with Crippen LogP contribution in [0.15, 0.2) is 18.2 Å². The van der Waals surface area contributed by atoms with Gasteiger partial charge in [-0.1, -0.05) is 19.9 Å². The molecule has 1 aromatic carbocycles. The van der Waals surface area contributed by atoms with Crippen LogP contribution in [0, 0.1) is 5.92 Å². The molecule has 0 atom stereocenters. The van der Waals surface area contributed by atoms with Crippen LogP contribution in [-0.2, 0) is 21.4 Å². The average Bonchev–Trinajstić information content (AvgIpc) is 2.95. The van der Waals surface area contributed by atoms with Crippen LogP contribution in [0.3, 0.4) is 0 Å². The summed E-state index contributed by atoms with van der Waals surface area (Å²) in [6, 6.07) is 5.42. The number of ether oxygens (including phenoxy) is 2. The molecule has 0 fully saturated rings. The van der Waals surface area contributed by atoms with Crippen molar-refractivity contribution in [1.82, 2.24) is 9.62 Å². The van der Waals surface area contributed by atoms with Gasteiger partial charge in [0.2, 0.25) is 22.7 Å². The molecular weight excluding hydrogens is 332 g/mol. The van der Waals surface area contributed by atoms with Crippen LogP contribution in [0.25, 0.3) is 0 Å². The smallest absolute Gasteiger partial charge is 0.235 e. The van der Waals surface area contributed by atoms with Gasteiger partial charge in [0.1, 0.15) is 0 Å².